The van der Waals surface area contributed by atoms with Crippen molar-refractivity contribution in [2.24, 2.45) is 0 Å². The van der Waals surface area contributed by atoms with Gasteiger partial charge in [0.15, 0.2) is 0 Å². The topological polar surface area (TPSA) is 78.3 Å². The number of ether oxygens (including phenoxy) is 2. The molecule has 0 fully saturated rings. The SMILES string of the molecule is CCCCSc1nc2n(n1)C(c1ccc(OCCc3ccccc3)cc1)C(C(=O)OCC)=C(C)N2. The van der Waals surface area contributed by atoms with Crippen molar-refractivity contribution in [1.82, 2.24) is 14.8 Å². The van der Waals surface area contributed by atoms with Gasteiger partial charge in [0.05, 0.1) is 18.8 Å². The molecule has 2 aromatic carbocycles. The molecule has 35 heavy (non-hydrogen) atoms. The first-order valence-electron chi connectivity index (χ1n) is 12.1. The van der Waals surface area contributed by atoms with Crippen LogP contribution in [0.25, 0.3) is 0 Å². The zero-order valence-electron chi connectivity index (χ0n) is 20.5. The van der Waals surface area contributed by atoms with Crippen molar-refractivity contribution < 1.29 is 14.3 Å². The van der Waals surface area contributed by atoms with E-state index in [9.17, 15) is 4.79 Å². The number of unbranched alkanes of at least 4 members (excludes halogenated alkanes) is 1. The minimum absolute atomic E-state index is 0.304. The monoisotopic (exact) mass is 492 g/mol. The first-order valence-corrected chi connectivity index (χ1v) is 13.1. The van der Waals surface area contributed by atoms with Crippen LogP contribution in [0.2, 0.25) is 0 Å². The highest BCUT2D eigenvalue weighted by atomic mass is 32.2. The Hall–Kier alpha value is -3.26. The number of allylic oxidation sites excluding steroid dienone is 1. The summed E-state index contributed by atoms with van der Waals surface area (Å²) >= 11 is 1.63. The Labute approximate surface area is 210 Å². The standard InChI is InChI=1S/C27H32N4O3S/c1-4-6-18-35-27-29-26-28-19(3)23(25(32)33-5-2)24(31(26)30-27)21-12-14-22(15-13-21)34-17-16-20-10-8-7-9-11-20/h7-15,24H,4-6,16-18H2,1-3H3,(H,28,29,30). The maximum absolute atomic E-state index is 13.0. The molecule has 0 aliphatic carbocycles. The molecule has 0 saturated heterocycles. The van der Waals surface area contributed by atoms with Gasteiger partial charge < -0.3 is 14.8 Å². The molecular formula is C27H32N4O3S. The Morgan fingerprint density at radius 1 is 1.11 bits per heavy atom. The van der Waals surface area contributed by atoms with Gasteiger partial charge in [-0.1, -0.05) is 67.6 Å². The number of benzene rings is 2. The number of hydrogen-bond donors (Lipinski definition) is 1. The fourth-order valence-electron chi connectivity index (χ4n) is 3.96. The molecule has 184 valence electrons. The minimum atomic E-state index is -0.434. The molecule has 0 saturated carbocycles. The lowest BCUT2D eigenvalue weighted by atomic mass is 9.96. The van der Waals surface area contributed by atoms with Crippen molar-refractivity contribution in [3.8, 4) is 5.75 Å². The summed E-state index contributed by atoms with van der Waals surface area (Å²) in [5.41, 5.74) is 3.42. The second-order valence-electron chi connectivity index (χ2n) is 8.30. The molecule has 1 unspecified atom stereocenters. The predicted octanol–water partition coefficient (Wildman–Crippen LogP) is 5.64. The Morgan fingerprint density at radius 2 is 1.89 bits per heavy atom. The van der Waals surface area contributed by atoms with Crippen molar-refractivity contribution in [2.45, 2.75) is 51.2 Å². The molecule has 1 N–H and O–H groups in total. The molecule has 1 aliphatic rings. The molecule has 1 atom stereocenters. The van der Waals surface area contributed by atoms with Gasteiger partial charge in [-0.3, -0.25) is 0 Å². The summed E-state index contributed by atoms with van der Waals surface area (Å²) in [6, 6.07) is 17.7. The van der Waals surface area contributed by atoms with Crippen LogP contribution in [-0.4, -0.2) is 39.7 Å². The van der Waals surface area contributed by atoms with Crippen LogP contribution in [0.15, 0.2) is 71.0 Å². The Kier molecular flexibility index (Phi) is 8.47. The zero-order valence-corrected chi connectivity index (χ0v) is 21.3. The molecule has 1 aromatic heterocycles. The van der Waals surface area contributed by atoms with E-state index in [1.807, 2.05) is 56.3 Å². The van der Waals surface area contributed by atoms with Crippen molar-refractivity contribution in [2.75, 3.05) is 24.3 Å². The fraction of sp³-hybridized carbons (Fsp3) is 0.370. The van der Waals surface area contributed by atoms with Crippen LogP contribution >= 0.6 is 11.8 Å². The van der Waals surface area contributed by atoms with Crippen molar-refractivity contribution in [1.29, 1.82) is 0 Å². The number of thioether (sulfide) groups is 1. The highest BCUT2D eigenvalue weighted by molar-refractivity contribution is 7.99. The number of aromatic nitrogens is 3. The summed E-state index contributed by atoms with van der Waals surface area (Å²) in [6.45, 7) is 6.75. The van der Waals surface area contributed by atoms with Gasteiger partial charge in [-0.2, -0.15) is 4.98 Å². The number of anilines is 1. The molecule has 7 nitrogen and oxygen atoms in total. The third kappa shape index (κ3) is 6.06. The van der Waals surface area contributed by atoms with E-state index in [-0.39, 0.29) is 5.97 Å². The first kappa shape index (κ1) is 24.9. The van der Waals surface area contributed by atoms with Crippen LogP contribution in [0.1, 0.15) is 50.8 Å². The maximum atomic E-state index is 13.0. The average Bonchev–Trinajstić information content (AvgIpc) is 3.27. The lowest BCUT2D eigenvalue weighted by Gasteiger charge is -2.28. The van der Waals surface area contributed by atoms with Gasteiger partial charge in [0.2, 0.25) is 11.1 Å². The summed E-state index contributed by atoms with van der Waals surface area (Å²) in [6.07, 6.45) is 3.06. The lowest BCUT2D eigenvalue weighted by molar-refractivity contribution is -0.139. The summed E-state index contributed by atoms with van der Waals surface area (Å²) in [5.74, 6) is 2.01. The predicted molar refractivity (Wildman–Crippen MR) is 139 cm³/mol. The molecule has 2 heterocycles. The van der Waals surface area contributed by atoms with Gasteiger partial charge >= 0.3 is 5.97 Å². The van der Waals surface area contributed by atoms with Gasteiger partial charge in [0, 0.05) is 17.9 Å². The van der Waals surface area contributed by atoms with Crippen LogP contribution in [0, 0.1) is 0 Å². The number of fused-ring (bicyclic) bond motifs is 1. The number of esters is 1. The summed E-state index contributed by atoms with van der Waals surface area (Å²) in [7, 11) is 0. The minimum Gasteiger partial charge on any atom is -0.493 e. The van der Waals surface area contributed by atoms with Crippen molar-refractivity contribution in [3.05, 3.63) is 77.0 Å². The summed E-state index contributed by atoms with van der Waals surface area (Å²) < 4.78 is 13.1. The van der Waals surface area contributed by atoms with E-state index in [1.165, 1.54) is 5.56 Å². The molecule has 0 bridgehead atoms. The maximum Gasteiger partial charge on any atom is 0.338 e. The van der Waals surface area contributed by atoms with Crippen LogP contribution < -0.4 is 10.1 Å². The van der Waals surface area contributed by atoms with Crippen LogP contribution in [0.3, 0.4) is 0 Å². The molecular weight excluding hydrogens is 460 g/mol. The second-order valence-corrected chi connectivity index (χ2v) is 9.37. The van der Waals surface area contributed by atoms with E-state index in [0.717, 1.165) is 42.0 Å². The molecule has 0 radical (unpaired) electrons. The van der Waals surface area contributed by atoms with Crippen LogP contribution in [0.5, 0.6) is 5.75 Å². The normalized spacial score (nSPS) is 14.9. The number of nitrogens with zero attached hydrogens (tertiary/aromatic N) is 3. The third-order valence-corrected chi connectivity index (χ3v) is 6.68. The van der Waals surface area contributed by atoms with Gasteiger partial charge in [0.25, 0.3) is 0 Å². The van der Waals surface area contributed by atoms with Gasteiger partial charge in [-0.05, 0) is 43.5 Å². The number of carbonyl (C=O) groups is 1. The number of carbonyl (C=O) groups excluding carboxylic acids is 1. The number of nitrogens with one attached hydrogen (secondary N) is 1. The highest BCUT2D eigenvalue weighted by Crippen LogP contribution is 2.37. The molecule has 0 amide bonds. The van der Waals surface area contributed by atoms with E-state index >= 15 is 0 Å². The summed E-state index contributed by atoms with van der Waals surface area (Å²) in [5, 5.41) is 8.69. The molecule has 4 rings (SSSR count). The van der Waals surface area contributed by atoms with Crippen molar-refractivity contribution >= 4 is 23.7 Å². The van der Waals surface area contributed by atoms with Crippen LogP contribution in [0.4, 0.5) is 5.95 Å². The van der Waals surface area contributed by atoms with E-state index in [2.05, 4.69) is 29.4 Å². The highest BCUT2D eigenvalue weighted by Gasteiger charge is 2.35. The second kappa shape index (κ2) is 11.9. The summed E-state index contributed by atoms with van der Waals surface area (Å²) in [4.78, 5) is 17.6. The number of hydrogen-bond acceptors (Lipinski definition) is 7. The average molecular weight is 493 g/mol. The van der Waals surface area contributed by atoms with Gasteiger partial charge in [-0.25, -0.2) is 9.48 Å². The molecule has 1 aliphatic heterocycles. The lowest BCUT2D eigenvalue weighted by Crippen LogP contribution is -2.29. The van der Waals surface area contributed by atoms with E-state index < -0.39 is 6.04 Å². The molecule has 0 spiro atoms. The van der Waals surface area contributed by atoms with E-state index in [0.29, 0.717) is 29.9 Å². The first-order chi connectivity index (χ1) is 17.1. The Bertz CT molecular complexity index is 1160. The van der Waals surface area contributed by atoms with Crippen molar-refractivity contribution in [3.63, 3.8) is 0 Å². The Morgan fingerprint density at radius 3 is 2.60 bits per heavy atom. The largest absolute Gasteiger partial charge is 0.493 e. The van der Waals surface area contributed by atoms with E-state index in [4.69, 9.17) is 14.6 Å². The van der Waals surface area contributed by atoms with Gasteiger partial charge in [0.1, 0.15) is 11.8 Å². The quantitative estimate of drug-likeness (QED) is 0.211. The van der Waals surface area contributed by atoms with Gasteiger partial charge in [-0.15, -0.1) is 5.10 Å². The molecule has 3 aromatic rings. The van der Waals surface area contributed by atoms with E-state index in [1.54, 1.807) is 16.4 Å². The number of rotatable bonds is 11. The smallest absolute Gasteiger partial charge is 0.338 e. The zero-order chi connectivity index (χ0) is 24.6. The third-order valence-electron chi connectivity index (χ3n) is 5.76. The van der Waals surface area contributed by atoms with Crippen LogP contribution in [-0.2, 0) is 16.0 Å². The Balaban J connectivity index is 1.56. The molecule has 8 heteroatoms. The fourth-order valence-corrected chi connectivity index (χ4v) is 4.87.